The van der Waals surface area contributed by atoms with E-state index >= 15 is 0 Å². The molecule has 1 aliphatic heterocycles. The minimum Gasteiger partial charge on any atom is -0.444 e. The number of hydrogen-bond acceptors (Lipinski definition) is 4. The lowest BCUT2D eigenvalue weighted by Crippen LogP contribution is -2.50. The Morgan fingerprint density at radius 1 is 1.25 bits per heavy atom. The maximum absolute atomic E-state index is 12.2. The Balaban J connectivity index is 1.75. The Morgan fingerprint density at radius 2 is 1.96 bits per heavy atom. The first-order valence-corrected chi connectivity index (χ1v) is 8.12. The number of aromatic nitrogens is 1. The van der Waals surface area contributed by atoms with Gasteiger partial charge in [-0.25, -0.2) is 4.79 Å². The van der Waals surface area contributed by atoms with E-state index in [9.17, 15) is 10.1 Å². The second-order valence-electron chi connectivity index (χ2n) is 6.97. The number of hydrogen-bond donors (Lipinski definition) is 1. The van der Waals surface area contributed by atoms with Crippen LogP contribution < -0.4 is 4.90 Å². The molecule has 6 heteroatoms. The lowest BCUT2D eigenvalue weighted by atomic mass is 10.1. The second kappa shape index (κ2) is 6.08. The highest BCUT2D eigenvalue weighted by Crippen LogP contribution is 2.30. The number of fused-ring (bicyclic) bond motifs is 1. The molecule has 126 valence electrons. The van der Waals surface area contributed by atoms with Crippen LogP contribution in [0.25, 0.3) is 10.9 Å². The highest BCUT2D eigenvalue weighted by Gasteiger charge is 2.26. The molecule has 0 saturated carbocycles. The summed E-state index contributed by atoms with van der Waals surface area (Å²) in [4.78, 5) is 19.3. The number of carbonyl (C=O) groups excluding carboxylic acids is 1. The lowest BCUT2D eigenvalue weighted by molar-refractivity contribution is 0.0240. The van der Waals surface area contributed by atoms with Crippen LogP contribution in [0.3, 0.4) is 0 Å². The maximum atomic E-state index is 12.2. The van der Waals surface area contributed by atoms with E-state index in [4.69, 9.17) is 4.74 Å². The summed E-state index contributed by atoms with van der Waals surface area (Å²) in [6.45, 7) is 8.27. The third-order valence-corrected chi connectivity index (χ3v) is 4.08. The van der Waals surface area contributed by atoms with E-state index < -0.39 is 5.60 Å². The summed E-state index contributed by atoms with van der Waals surface area (Å²) < 4.78 is 5.43. The summed E-state index contributed by atoms with van der Waals surface area (Å²) >= 11 is 0. The van der Waals surface area contributed by atoms with Crippen molar-refractivity contribution >= 4 is 22.7 Å². The molecule has 1 saturated heterocycles. The lowest BCUT2D eigenvalue weighted by Gasteiger charge is -2.37. The Kier molecular flexibility index (Phi) is 4.10. The molecule has 0 bridgehead atoms. The molecular weight excluding hydrogens is 304 g/mol. The van der Waals surface area contributed by atoms with Gasteiger partial charge in [-0.15, -0.1) is 0 Å². The van der Waals surface area contributed by atoms with Crippen molar-refractivity contribution in [1.82, 2.24) is 9.88 Å². The van der Waals surface area contributed by atoms with Gasteiger partial charge in [0.05, 0.1) is 5.56 Å². The van der Waals surface area contributed by atoms with Crippen molar-refractivity contribution < 1.29 is 9.53 Å². The number of nitriles is 1. The third-order valence-electron chi connectivity index (χ3n) is 4.08. The largest absolute Gasteiger partial charge is 0.444 e. The topological polar surface area (TPSA) is 72.4 Å². The van der Waals surface area contributed by atoms with Gasteiger partial charge in [-0.1, -0.05) is 6.07 Å². The monoisotopic (exact) mass is 326 g/mol. The minimum absolute atomic E-state index is 0.264. The molecule has 24 heavy (non-hydrogen) atoms. The fourth-order valence-electron chi connectivity index (χ4n) is 2.97. The molecule has 0 atom stereocenters. The Bertz CT molecular complexity index is 789. The average molecular weight is 326 g/mol. The fraction of sp³-hybridized carbons (Fsp3) is 0.444. The first-order chi connectivity index (χ1) is 11.4. The molecule has 2 heterocycles. The average Bonchev–Trinajstić information content (AvgIpc) is 2.96. The van der Waals surface area contributed by atoms with Crippen molar-refractivity contribution in [3.63, 3.8) is 0 Å². The normalized spacial score (nSPS) is 15.4. The zero-order valence-corrected chi connectivity index (χ0v) is 14.3. The van der Waals surface area contributed by atoms with Crippen LogP contribution in [-0.4, -0.2) is 47.8 Å². The number of ether oxygens (including phenoxy) is 1. The van der Waals surface area contributed by atoms with Gasteiger partial charge in [-0.3, -0.25) is 0 Å². The Morgan fingerprint density at radius 3 is 2.58 bits per heavy atom. The zero-order chi connectivity index (χ0) is 17.3. The van der Waals surface area contributed by atoms with E-state index in [1.165, 1.54) is 0 Å². The van der Waals surface area contributed by atoms with Gasteiger partial charge in [-0.05, 0) is 32.9 Å². The van der Waals surface area contributed by atoms with Crippen molar-refractivity contribution in [2.45, 2.75) is 26.4 Å². The molecule has 0 unspecified atom stereocenters. The summed E-state index contributed by atoms with van der Waals surface area (Å²) in [6.07, 6.45) is 1.48. The third kappa shape index (κ3) is 3.16. The van der Waals surface area contributed by atoms with Crippen LogP contribution in [0.15, 0.2) is 24.4 Å². The maximum Gasteiger partial charge on any atom is 0.410 e. The number of rotatable bonds is 1. The first-order valence-electron chi connectivity index (χ1n) is 8.12. The minimum atomic E-state index is -0.480. The van der Waals surface area contributed by atoms with Crippen molar-refractivity contribution in [3.8, 4) is 6.07 Å². The summed E-state index contributed by atoms with van der Waals surface area (Å²) in [6, 6.07) is 8.22. The molecule has 1 aliphatic rings. The summed E-state index contributed by atoms with van der Waals surface area (Å²) in [5.41, 5.74) is 2.16. The van der Waals surface area contributed by atoms with Gasteiger partial charge in [0.1, 0.15) is 11.7 Å². The van der Waals surface area contributed by atoms with E-state index in [2.05, 4.69) is 16.0 Å². The molecule has 1 aromatic carbocycles. The molecule has 1 N–H and O–H groups in total. The standard InChI is InChI=1S/C18H22N4O2/c1-18(2,3)24-17(23)22-9-7-21(8-10-22)15-6-4-5-14-16(15)13(11-19)12-20-14/h4-6,12,20H,7-10H2,1-3H3. The van der Waals surface area contributed by atoms with Crippen LogP contribution in [0.4, 0.5) is 10.5 Å². The van der Waals surface area contributed by atoms with Crippen LogP contribution in [0.2, 0.25) is 0 Å². The Labute approximate surface area is 141 Å². The summed E-state index contributed by atoms with van der Waals surface area (Å²) in [5, 5.41) is 10.3. The SMILES string of the molecule is CC(C)(C)OC(=O)N1CCN(c2cccc3[nH]cc(C#N)c23)CC1. The number of piperazine rings is 1. The van der Waals surface area contributed by atoms with E-state index in [-0.39, 0.29) is 6.09 Å². The van der Waals surface area contributed by atoms with Gasteiger partial charge in [0.25, 0.3) is 0 Å². The van der Waals surface area contributed by atoms with Crippen molar-refractivity contribution in [3.05, 3.63) is 30.0 Å². The molecule has 6 nitrogen and oxygen atoms in total. The van der Waals surface area contributed by atoms with Gasteiger partial charge < -0.3 is 19.5 Å². The number of nitrogens with zero attached hydrogens (tertiary/aromatic N) is 3. The Hall–Kier alpha value is -2.68. The predicted octanol–water partition coefficient (Wildman–Crippen LogP) is 3.10. The van der Waals surface area contributed by atoms with Gasteiger partial charge in [-0.2, -0.15) is 5.26 Å². The van der Waals surface area contributed by atoms with E-state index in [0.717, 1.165) is 16.6 Å². The van der Waals surface area contributed by atoms with Crippen LogP contribution in [0.1, 0.15) is 26.3 Å². The van der Waals surface area contributed by atoms with Crippen molar-refractivity contribution in [1.29, 1.82) is 5.26 Å². The highest BCUT2D eigenvalue weighted by molar-refractivity contribution is 5.97. The smallest absolute Gasteiger partial charge is 0.410 e. The number of carbonyl (C=O) groups is 1. The number of H-pyrrole nitrogens is 1. The van der Waals surface area contributed by atoms with Gasteiger partial charge >= 0.3 is 6.09 Å². The molecular formula is C18H22N4O2. The molecule has 0 aliphatic carbocycles. The molecule has 0 spiro atoms. The fourth-order valence-corrected chi connectivity index (χ4v) is 2.97. The zero-order valence-electron chi connectivity index (χ0n) is 14.3. The molecule has 1 aromatic heterocycles. The number of anilines is 1. The molecule has 1 amide bonds. The molecule has 3 rings (SSSR count). The van der Waals surface area contributed by atoms with Crippen molar-refractivity contribution in [2.75, 3.05) is 31.1 Å². The predicted molar refractivity (Wildman–Crippen MR) is 93.0 cm³/mol. The van der Waals surface area contributed by atoms with Crippen LogP contribution in [0.5, 0.6) is 0 Å². The van der Waals surface area contributed by atoms with E-state index in [1.54, 1.807) is 11.1 Å². The number of benzene rings is 1. The molecule has 2 aromatic rings. The summed E-state index contributed by atoms with van der Waals surface area (Å²) in [5.74, 6) is 0. The van der Waals surface area contributed by atoms with E-state index in [0.29, 0.717) is 31.7 Å². The van der Waals surface area contributed by atoms with Crippen LogP contribution in [-0.2, 0) is 4.74 Å². The quantitative estimate of drug-likeness (QED) is 0.874. The van der Waals surface area contributed by atoms with Gasteiger partial charge in [0.15, 0.2) is 0 Å². The van der Waals surface area contributed by atoms with Gasteiger partial charge in [0, 0.05) is 49.0 Å². The molecule has 0 radical (unpaired) electrons. The molecule has 1 fully saturated rings. The number of amides is 1. The summed E-state index contributed by atoms with van der Waals surface area (Å²) in [7, 11) is 0. The van der Waals surface area contributed by atoms with Crippen molar-refractivity contribution in [2.24, 2.45) is 0 Å². The highest BCUT2D eigenvalue weighted by atomic mass is 16.6. The number of aromatic amines is 1. The number of nitrogens with one attached hydrogen (secondary N) is 1. The van der Waals surface area contributed by atoms with E-state index in [1.807, 2.05) is 39.0 Å². The first kappa shape index (κ1) is 16.2. The van der Waals surface area contributed by atoms with Crippen LogP contribution in [0, 0.1) is 11.3 Å². The second-order valence-corrected chi connectivity index (χ2v) is 6.97. The van der Waals surface area contributed by atoms with Crippen LogP contribution >= 0.6 is 0 Å². The van der Waals surface area contributed by atoms with Gasteiger partial charge in [0.2, 0.25) is 0 Å².